The molecule has 1 aromatic heterocycles. The van der Waals surface area contributed by atoms with Crippen LogP contribution in [0.4, 0.5) is 0 Å². The third-order valence-electron chi connectivity index (χ3n) is 5.50. The Hall–Kier alpha value is -3.08. The van der Waals surface area contributed by atoms with E-state index in [1.807, 2.05) is 65.4 Å². The molecule has 5 nitrogen and oxygen atoms in total. The van der Waals surface area contributed by atoms with Crippen molar-refractivity contribution in [1.82, 2.24) is 14.8 Å². The quantitative estimate of drug-likeness (QED) is 0.760. The monoisotopic (exact) mass is 375 g/mol. The Balaban J connectivity index is 1.30. The molecular weight excluding hydrogens is 350 g/mol. The van der Waals surface area contributed by atoms with Crippen LogP contribution in [0, 0.1) is 6.92 Å². The predicted octanol–water partition coefficient (Wildman–Crippen LogP) is 3.39. The molecular formula is C23H25N3O2. The van der Waals surface area contributed by atoms with Crippen LogP contribution in [0.1, 0.15) is 27.9 Å². The fourth-order valence-electron chi connectivity index (χ4n) is 3.78. The van der Waals surface area contributed by atoms with E-state index in [1.54, 1.807) is 0 Å². The third-order valence-corrected chi connectivity index (χ3v) is 5.50. The van der Waals surface area contributed by atoms with Crippen LogP contribution in [0.25, 0.3) is 10.9 Å². The zero-order valence-electron chi connectivity index (χ0n) is 16.1. The number of nitrogens with one attached hydrogen (secondary N) is 1. The van der Waals surface area contributed by atoms with Gasteiger partial charge in [0.15, 0.2) is 0 Å². The molecule has 28 heavy (non-hydrogen) atoms. The van der Waals surface area contributed by atoms with Crippen molar-refractivity contribution >= 4 is 22.7 Å². The Bertz CT molecular complexity index is 983. The number of hydrogen-bond acceptors (Lipinski definition) is 2. The summed E-state index contributed by atoms with van der Waals surface area (Å²) in [4.78, 5) is 32.2. The first-order valence-corrected chi connectivity index (χ1v) is 9.80. The smallest absolute Gasteiger partial charge is 0.253 e. The second-order valence-corrected chi connectivity index (χ2v) is 7.40. The second-order valence-electron chi connectivity index (χ2n) is 7.40. The van der Waals surface area contributed by atoms with E-state index in [1.165, 1.54) is 10.9 Å². The summed E-state index contributed by atoms with van der Waals surface area (Å²) in [7, 11) is 0. The van der Waals surface area contributed by atoms with Gasteiger partial charge in [0.2, 0.25) is 5.91 Å². The molecule has 2 amide bonds. The van der Waals surface area contributed by atoms with Gasteiger partial charge in [0.25, 0.3) is 5.91 Å². The number of hydrogen-bond donors (Lipinski definition) is 1. The Morgan fingerprint density at radius 1 is 0.929 bits per heavy atom. The second kappa shape index (κ2) is 7.89. The van der Waals surface area contributed by atoms with Crippen molar-refractivity contribution in [2.75, 3.05) is 26.2 Å². The zero-order chi connectivity index (χ0) is 19.5. The molecule has 4 rings (SSSR count). The first kappa shape index (κ1) is 18.3. The van der Waals surface area contributed by atoms with Crippen LogP contribution in [0.2, 0.25) is 0 Å². The van der Waals surface area contributed by atoms with Gasteiger partial charge in [0.1, 0.15) is 0 Å². The number of aryl methyl sites for hydroxylation is 2. The molecule has 1 aliphatic heterocycles. The molecule has 2 aromatic carbocycles. The van der Waals surface area contributed by atoms with Gasteiger partial charge in [-0.15, -0.1) is 0 Å². The summed E-state index contributed by atoms with van der Waals surface area (Å²) in [5.74, 6) is 0.207. The lowest BCUT2D eigenvalue weighted by Gasteiger charge is -2.35. The molecule has 0 bridgehead atoms. The van der Waals surface area contributed by atoms with Crippen molar-refractivity contribution in [2.24, 2.45) is 0 Å². The van der Waals surface area contributed by atoms with Crippen molar-refractivity contribution in [3.05, 3.63) is 71.4 Å². The van der Waals surface area contributed by atoms with Crippen molar-refractivity contribution in [2.45, 2.75) is 19.8 Å². The Labute approximate surface area is 165 Å². The van der Waals surface area contributed by atoms with Gasteiger partial charge < -0.3 is 14.8 Å². The van der Waals surface area contributed by atoms with Gasteiger partial charge in [-0.25, -0.2) is 0 Å². The highest BCUT2D eigenvalue weighted by Crippen LogP contribution is 2.19. The average Bonchev–Trinajstić information content (AvgIpc) is 3.15. The number of piperazine rings is 1. The summed E-state index contributed by atoms with van der Waals surface area (Å²) in [6.45, 7) is 4.39. The van der Waals surface area contributed by atoms with E-state index in [0.29, 0.717) is 38.2 Å². The molecule has 1 saturated heterocycles. The number of nitrogens with zero attached hydrogens (tertiary/aromatic N) is 2. The summed E-state index contributed by atoms with van der Waals surface area (Å²) in [6.07, 6.45) is 3.22. The van der Waals surface area contributed by atoms with Crippen LogP contribution < -0.4 is 0 Å². The van der Waals surface area contributed by atoms with E-state index in [2.05, 4.69) is 11.1 Å². The van der Waals surface area contributed by atoms with E-state index in [0.717, 1.165) is 17.5 Å². The third kappa shape index (κ3) is 3.79. The summed E-state index contributed by atoms with van der Waals surface area (Å²) < 4.78 is 0. The molecule has 1 fully saturated rings. The van der Waals surface area contributed by atoms with E-state index in [-0.39, 0.29) is 11.8 Å². The van der Waals surface area contributed by atoms with Crippen molar-refractivity contribution in [3.8, 4) is 0 Å². The van der Waals surface area contributed by atoms with Gasteiger partial charge in [-0.2, -0.15) is 0 Å². The largest absolute Gasteiger partial charge is 0.361 e. The Morgan fingerprint density at radius 3 is 2.36 bits per heavy atom. The van der Waals surface area contributed by atoms with Crippen LogP contribution in [-0.4, -0.2) is 52.8 Å². The van der Waals surface area contributed by atoms with Gasteiger partial charge >= 0.3 is 0 Å². The topological polar surface area (TPSA) is 56.4 Å². The number of rotatable bonds is 4. The summed E-state index contributed by atoms with van der Waals surface area (Å²) in [5, 5.41) is 1.18. The molecule has 0 unspecified atom stereocenters. The molecule has 3 aromatic rings. The van der Waals surface area contributed by atoms with Crippen molar-refractivity contribution < 1.29 is 9.59 Å². The lowest BCUT2D eigenvalue weighted by atomic mass is 10.1. The number of carbonyl (C=O) groups excluding carboxylic acids is 2. The van der Waals surface area contributed by atoms with Crippen LogP contribution >= 0.6 is 0 Å². The normalized spacial score (nSPS) is 14.5. The minimum atomic E-state index is 0.0471. The SMILES string of the molecule is Cc1ccc(C(=O)N2CCN(C(=O)CCc3c[nH]c4ccccc34)CC2)cc1. The summed E-state index contributed by atoms with van der Waals surface area (Å²) >= 11 is 0. The highest BCUT2D eigenvalue weighted by Gasteiger charge is 2.24. The van der Waals surface area contributed by atoms with Crippen LogP contribution in [-0.2, 0) is 11.2 Å². The average molecular weight is 375 g/mol. The lowest BCUT2D eigenvalue weighted by molar-refractivity contribution is -0.132. The summed E-state index contributed by atoms with van der Waals surface area (Å²) in [5.41, 5.74) is 4.14. The van der Waals surface area contributed by atoms with Crippen LogP contribution in [0.3, 0.4) is 0 Å². The molecule has 5 heteroatoms. The fourth-order valence-corrected chi connectivity index (χ4v) is 3.78. The summed E-state index contributed by atoms with van der Waals surface area (Å²) in [6, 6.07) is 15.8. The Kier molecular flexibility index (Phi) is 5.15. The number of para-hydroxylation sites is 1. The van der Waals surface area contributed by atoms with E-state index in [4.69, 9.17) is 0 Å². The van der Waals surface area contributed by atoms with Gasteiger partial charge in [-0.1, -0.05) is 35.9 Å². The van der Waals surface area contributed by atoms with Gasteiger partial charge in [-0.05, 0) is 37.1 Å². The van der Waals surface area contributed by atoms with Crippen LogP contribution in [0.15, 0.2) is 54.7 Å². The standard InChI is InChI=1S/C23H25N3O2/c1-17-6-8-18(9-7-17)23(28)26-14-12-25(13-15-26)22(27)11-10-19-16-24-21-5-3-2-4-20(19)21/h2-9,16,24H,10-15H2,1H3. The number of aromatic nitrogens is 1. The van der Waals surface area contributed by atoms with E-state index < -0.39 is 0 Å². The molecule has 0 atom stereocenters. The maximum atomic E-state index is 12.6. The first-order valence-electron chi connectivity index (χ1n) is 9.80. The minimum absolute atomic E-state index is 0.0471. The zero-order valence-corrected chi connectivity index (χ0v) is 16.1. The predicted molar refractivity (Wildman–Crippen MR) is 110 cm³/mol. The van der Waals surface area contributed by atoms with Gasteiger partial charge in [0.05, 0.1) is 0 Å². The molecule has 1 aliphatic rings. The van der Waals surface area contributed by atoms with E-state index in [9.17, 15) is 9.59 Å². The molecule has 0 spiro atoms. The maximum Gasteiger partial charge on any atom is 0.253 e. The van der Waals surface area contributed by atoms with Gasteiger partial charge in [-0.3, -0.25) is 9.59 Å². The number of H-pyrrole nitrogens is 1. The highest BCUT2D eigenvalue weighted by atomic mass is 16.2. The molecule has 1 N–H and O–H groups in total. The molecule has 0 saturated carbocycles. The number of benzene rings is 2. The van der Waals surface area contributed by atoms with Crippen molar-refractivity contribution in [3.63, 3.8) is 0 Å². The maximum absolute atomic E-state index is 12.6. The van der Waals surface area contributed by atoms with Crippen molar-refractivity contribution in [1.29, 1.82) is 0 Å². The number of amides is 2. The molecule has 0 radical (unpaired) electrons. The molecule has 144 valence electrons. The number of carbonyl (C=O) groups is 2. The first-order chi connectivity index (χ1) is 13.6. The number of fused-ring (bicyclic) bond motifs is 1. The molecule has 0 aliphatic carbocycles. The highest BCUT2D eigenvalue weighted by molar-refractivity contribution is 5.94. The van der Waals surface area contributed by atoms with E-state index >= 15 is 0 Å². The number of aromatic amines is 1. The fraction of sp³-hybridized carbons (Fsp3) is 0.304. The lowest BCUT2D eigenvalue weighted by Crippen LogP contribution is -2.50. The van der Waals surface area contributed by atoms with Crippen LogP contribution in [0.5, 0.6) is 0 Å². The molecule has 2 heterocycles. The Morgan fingerprint density at radius 2 is 1.61 bits per heavy atom. The van der Waals surface area contributed by atoms with Gasteiger partial charge in [0, 0.05) is 55.3 Å². The minimum Gasteiger partial charge on any atom is -0.361 e.